The largest absolute Gasteiger partial charge is 0.310 e. The predicted octanol–water partition coefficient (Wildman–Crippen LogP) is 11.0. The Morgan fingerprint density at radius 2 is 1.24 bits per heavy atom. The van der Waals surface area contributed by atoms with Crippen LogP contribution in [0.15, 0.2) is 127 Å². The topological polar surface area (TPSA) is 3.24 Å². The molecular formula is C36H35N. The second-order valence-corrected chi connectivity index (χ2v) is 9.53. The minimum atomic E-state index is 1.08. The lowest BCUT2D eigenvalue weighted by atomic mass is 9.96. The third-order valence-electron chi connectivity index (χ3n) is 6.99. The highest BCUT2D eigenvalue weighted by molar-refractivity contribution is 5.98. The van der Waals surface area contributed by atoms with Gasteiger partial charge in [0.2, 0.25) is 0 Å². The van der Waals surface area contributed by atoms with Crippen LogP contribution in [0, 0.1) is 0 Å². The Bertz CT molecular complexity index is 1460. The van der Waals surface area contributed by atoms with Crippen molar-refractivity contribution >= 4 is 33.4 Å². The number of para-hydroxylation sites is 1. The number of hydrogen-bond acceptors (Lipinski definition) is 1. The Kier molecular flexibility index (Phi) is 7.81. The highest BCUT2D eigenvalue weighted by atomic mass is 15.1. The van der Waals surface area contributed by atoms with Crippen LogP contribution in [0.3, 0.4) is 0 Å². The van der Waals surface area contributed by atoms with Gasteiger partial charge in [0.1, 0.15) is 0 Å². The summed E-state index contributed by atoms with van der Waals surface area (Å²) < 4.78 is 0. The smallest absolute Gasteiger partial charge is 0.0540 e. The molecule has 0 aromatic heterocycles. The van der Waals surface area contributed by atoms with Crippen molar-refractivity contribution in [3.05, 3.63) is 133 Å². The van der Waals surface area contributed by atoms with Gasteiger partial charge in [0.25, 0.3) is 0 Å². The Labute approximate surface area is 221 Å². The molecule has 5 aromatic carbocycles. The number of anilines is 3. The van der Waals surface area contributed by atoms with Gasteiger partial charge in [0.05, 0.1) is 5.69 Å². The Morgan fingerprint density at radius 3 is 1.95 bits per heavy atom. The van der Waals surface area contributed by atoms with Crippen molar-refractivity contribution in [1.82, 2.24) is 0 Å². The van der Waals surface area contributed by atoms with E-state index in [1.165, 1.54) is 51.6 Å². The molecule has 0 saturated carbocycles. The fourth-order valence-corrected chi connectivity index (χ4v) is 5.07. The van der Waals surface area contributed by atoms with E-state index in [-0.39, 0.29) is 0 Å². The average Bonchev–Trinajstić information content (AvgIpc) is 2.97. The van der Waals surface area contributed by atoms with Crippen LogP contribution in [0.2, 0.25) is 0 Å². The molecule has 0 N–H and O–H groups in total. The molecule has 0 aliphatic carbocycles. The SMILES string of the molecule is CC/C=C(\CCCC)c1ccc(-c2ccc(N(c3ccccc3)c3cccc4ccccc34)cc2)cc1. The molecule has 1 nitrogen and oxygen atoms in total. The summed E-state index contributed by atoms with van der Waals surface area (Å²) in [6.45, 7) is 4.48. The molecule has 0 bridgehead atoms. The normalized spacial score (nSPS) is 11.6. The lowest BCUT2D eigenvalue weighted by molar-refractivity contribution is 0.822. The van der Waals surface area contributed by atoms with Crippen molar-refractivity contribution in [2.45, 2.75) is 39.5 Å². The van der Waals surface area contributed by atoms with Gasteiger partial charge in [-0.25, -0.2) is 0 Å². The summed E-state index contributed by atoms with van der Waals surface area (Å²) in [5.74, 6) is 0. The summed E-state index contributed by atoms with van der Waals surface area (Å²) in [5, 5.41) is 2.49. The number of benzene rings is 5. The van der Waals surface area contributed by atoms with E-state index in [2.05, 4.69) is 146 Å². The molecule has 0 radical (unpaired) electrons. The molecule has 184 valence electrons. The number of nitrogens with zero attached hydrogens (tertiary/aromatic N) is 1. The van der Waals surface area contributed by atoms with Crippen molar-refractivity contribution < 1.29 is 0 Å². The van der Waals surface area contributed by atoms with Gasteiger partial charge in [0.15, 0.2) is 0 Å². The molecular weight excluding hydrogens is 446 g/mol. The van der Waals surface area contributed by atoms with Crippen LogP contribution in [0.1, 0.15) is 45.1 Å². The second-order valence-electron chi connectivity index (χ2n) is 9.53. The van der Waals surface area contributed by atoms with Gasteiger partial charge in [-0.15, -0.1) is 0 Å². The number of rotatable bonds is 9. The van der Waals surface area contributed by atoms with E-state index in [4.69, 9.17) is 0 Å². The van der Waals surface area contributed by atoms with E-state index < -0.39 is 0 Å². The summed E-state index contributed by atoms with van der Waals surface area (Å²) in [6, 6.07) is 43.8. The predicted molar refractivity (Wildman–Crippen MR) is 162 cm³/mol. The zero-order valence-electron chi connectivity index (χ0n) is 21.9. The van der Waals surface area contributed by atoms with E-state index in [1.807, 2.05) is 0 Å². The summed E-state index contributed by atoms with van der Waals surface area (Å²) in [5.41, 5.74) is 8.79. The average molecular weight is 482 g/mol. The number of fused-ring (bicyclic) bond motifs is 1. The number of allylic oxidation sites excluding steroid dienone is 2. The van der Waals surface area contributed by atoms with Gasteiger partial charge in [-0.05, 0) is 77.2 Å². The van der Waals surface area contributed by atoms with Crippen LogP contribution in [0.4, 0.5) is 17.1 Å². The summed E-state index contributed by atoms with van der Waals surface area (Å²) >= 11 is 0. The van der Waals surface area contributed by atoms with Crippen LogP contribution in [0.25, 0.3) is 27.5 Å². The molecule has 0 spiro atoms. The van der Waals surface area contributed by atoms with Gasteiger partial charge < -0.3 is 4.90 Å². The number of unbranched alkanes of at least 4 members (excludes halogenated alkanes) is 1. The van der Waals surface area contributed by atoms with Gasteiger partial charge in [0, 0.05) is 16.8 Å². The monoisotopic (exact) mass is 481 g/mol. The van der Waals surface area contributed by atoms with Crippen molar-refractivity contribution in [2.24, 2.45) is 0 Å². The molecule has 0 heterocycles. The molecule has 5 rings (SSSR count). The second kappa shape index (κ2) is 11.8. The lowest BCUT2D eigenvalue weighted by Gasteiger charge is -2.27. The van der Waals surface area contributed by atoms with Crippen LogP contribution in [0.5, 0.6) is 0 Å². The van der Waals surface area contributed by atoms with E-state index >= 15 is 0 Å². The molecule has 5 aromatic rings. The van der Waals surface area contributed by atoms with Crippen LogP contribution < -0.4 is 4.90 Å². The molecule has 37 heavy (non-hydrogen) atoms. The molecule has 0 saturated heterocycles. The molecule has 0 amide bonds. The van der Waals surface area contributed by atoms with E-state index in [0.717, 1.165) is 24.2 Å². The minimum absolute atomic E-state index is 1.08. The van der Waals surface area contributed by atoms with Gasteiger partial charge in [-0.1, -0.05) is 117 Å². The van der Waals surface area contributed by atoms with Crippen molar-refractivity contribution in [3.8, 4) is 11.1 Å². The van der Waals surface area contributed by atoms with Crippen LogP contribution >= 0.6 is 0 Å². The maximum absolute atomic E-state index is 2.38. The standard InChI is InChI=1S/C36H35N/c1-3-5-13-28(12-4-2)29-20-22-30(23-21-29)31-24-26-34(27-25-31)37(33-16-7-6-8-17-33)36-19-11-15-32-14-9-10-18-35(32)36/h6-12,14-27H,3-5,13H2,1-2H3/b28-12+. The molecule has 0 unspecified atom stereocenters. The minimum Gasteiger partial charge on any atom is -0.310 e. The van der Waals surface area contributed by atoms with Crippen molar-refractivity contribution in [2.75, 3.05) is 4.90 Å². The third kappa shape index (κ3) is 5.52. The molecule has 0 aliphatic rings. The first-order valence-corrected chi connectivity index (χ1v) is 13.5. The van der Waals surface area contributed by atoms with Crippen molar-refractivity contribution in [3.63, 3.8) is 0 Å². The first kappa shape index (κ1) is 24.6. The van der Waals surface area contributed by atoms with Crippen LogP contribution in [-0.4, -0.2) is 0 Å². The summed E-state index contributed by atoms with van der Waals surface area (Å²) in [6.07, 6.45) is 7.08. The zero-order chi connectivity index (χ0) is 25.5. The molecule has 0 fully saturated rings. The highest BCUT2D eigenvalue weighted by Crippen LogP contribution is 2.39. The quantitative estimate of drug-likeness (QED) is 0.202. The lowest BCUT2D eigenvalue weighted by Crippen LogP contribution is -2.10. The molecule has 0 atom stereocenters. The fraction of sp³-hybridized carbons (Fsp3) is 0.167. The number of hydrogen-bond donors (Lipinski definition) is 0. The molecule has 1 heteroatoms. The zero-order valence-corrected chi connectivity index (χ0v) is 21.9. The Hall–Kier alpha value is -4.10. The third-order valence-corrected chi connectivity index (χ3v) is 6.99. The first-order valence-electron chi connectivity index (χ1n) is 13.5. The van der Waals surface area contributed by atoms with Gasteiger partial charge in [-0.2, -0.15) is 0 Å². The summed E-state index contributed by atoms with van der Waals surface area (Å²) in [7, 11) is 0. The Balaban J connectivity index is 1.48. The first-order chi connectivity index (χ1) is 18.3. The molecule has 0 aliphatic heterocycles. The van der Waals surface area contributed by atoms with E-state index in [1.54, 1.807) is 0 Å². The Morgan fingerprint density at radius 1 is 0.622 bits per heavy atom. The summed E-state index contributed by atoms with van der Waals surface area (Å²) in [4.78, 5) is 2.35. The van der Waals surface area contributed by atoms with Crippen LogP contribution in [-0.2, 0) is 0 Å². The van der Waals surface area contributed by atoms with E-state index in [9.17, 15) is 0 Å². The maximum Gasteiger partial charge on any atom is 0.0540 e. The van der Waals surface area contributed by atoms with E-state index in [0.29, 0.717) is 0 Å². The highest BCUT2D eigenvalue weighted by Gasteiger charge is 2.15. The van der Waals surface area contributed by atoms with Gasteiger partial charge in [-0.3, -0.25) is 0 Å². The van der Waals surface area contributed by atoms with Crippen molar-refractivity contribution in [1.29, 1.82) is 0 Å². The maximum atomic E-state index is 2.38. The van der Waals surface area contributed by atoms with Gasteiger partial charge >= 0.3 is 0 Å². The fourth-order valence-electron chi connectivity index (χ4n) is 5.07.